The molecule has 0 unspecified atom stereocenters. The number of nitrogens with zero attached hydrogens (tertiary/aromatic N) is 3. The van der Waals surface area contributed by atoms with Crippen LogP contribution in [-0.2, 0) is 10.0 Å². The monoisotopic (exact) mass is 443 g/mol. The highest BCUT2D eigenvalue weighted by molar-refractivity contribution is 7.89. The summed E-state index contributed by atoms with van der Waals surface area (Å²) >= 11 is 0. The van der Waals surface area contributed by atoms with Gasteiger partial charge in [0.1, 0.15) is 0 Å². The average molecular weight is 444 g/mol. The van der Waals surface area contributed by atoms with Crippen LogP contribution in [0.3, 0.4) is 0 Å². The van der Waals surface area contributed by atoms with Crippen LogP contribution in [0.4, 0.5) is 16.2 Å². The van der Waals surface area contributed by atoms with Gasteiger partial charge in [0.2, 0.25) is 10.0 Å². The molecule has 2 aliphatic rings. The van der Waals surface area contributed by atoms with Gasteiger partial charge in [0.25, 0.3) is 5.91 Å². The lowest BCUT2D eigenvalue weighted by atomic mass is 10.2. The van der Waals surface area contributed by atoms with E-state index in [1.807, 2.05) is 7.05 Å². The summed E-state index contributed by atoms with van der Waals surface area (Å²) in [5.41, 5.74) is 1.56. The Morgan fingerprint density at radius 1 is 1.00 bits per heavy atom. The van der Waals surface area contributed by atoms with E-state index in [0.29, 0.717) is 45.0 Å². The van der Waals surface area contributed by atoms with Crippen molar-refractivity contribution < 1.29 is 18.0 Å². The van der Waals surface area contributed by atoms with Crippen LogP contribution < -0.4 is 15.5 Å². The van der Waals surface area contributed by atoms with E-state index in [1.165, 1.54) is 16.4 Å². The number of benzene rings is 2. The van der Waals surface area contributed by atoms with E-state index in [4.69, 9.17) is 0 Å². The number of likely N-dealkylation sites (N-methyl/N-ethyl adjacent to an activating group) is 1. The van der Waals surface area contributed by atoms with Crippen molar-refractivity contribution in [1.82, 2.24) is 14.5 Å². The Balaban J connectivity index is 1.46. The van der Waals surface area contributed by atoms with Crippen molar-refractivity contribution >= 4 is 33.3 Å². The van der Waals surface area contributed by atoms with E-state index in [9.17, 15) is 18.0 Å². The SMILES string of the molecule is CN1CCN(S(=O)(=O)c2cccc(C(=O)Nc3ccc(N4CCNC4=O)cc3)c2)CC1. The fourth-order valence-electron chi connectivity index (χ4n) is 3.62. The second-order valence-corrected chi connectivity index (χ2v) is 9.56. The second-order valence-electron chi connectivity index (χ2n) is 7.62. The average Bonchev–Trinajstić information content (AvgIpc) is 3.20. The third-order valence-corrected chi connectivity index (χ3v) is 7.38. The van der Waals surface area contributed by atoms with Gasteiger partial charge >= 0.3 is 6.03 Å². The largest absolute Gasteiger partial charge is 0.336 e. The zero-order valence-electron chi connectivity index (χ0n) is 17.2. The Hall–Kier alpha value is -2.95. The highest BCUT2D eigenvalue weighted by Gasteiger charge is 2.28. The minimum Gasteiger partial charge on any atom is -0.336 e. The molecule has 4 rings (SSSR count). The summed E-state index contributed by atoms with van der Waals surface area (Å²) in [7, 11) is -1.69. The van der Waals surface area contributed by atoms with E-state index < -0.39 is 15.9 Å². The van der Waals surface area contributed by atoms with Crippen LogP contribution in [0.2, 0.25) is 0 Å². The molecule has 0 spiro atoms. The molecule has 31 heavy (non-hydrogen) atoms. The van der Waals surface area contributed by atoms with E-state index in [-0.39, 0.29) is 16.5 Å². The van der Waals surface area contributed by atoms with Crippen molar-refractivity contribution in [3.63, 3.8) is 0 Å². The number of sulfonamides is 1. The third kappa shape index (κ3) is 4.55. The van der Waals surface area contributed by atoms with Crippen molar-refractivity contribution in [2.45, 2.75) is 4.90 Å². The number of rotatable bonds is 5. The molecule has 0 aliphatic carbocycles. The quantitative estimate of drug-likeness (QED) is 0.728. The summed E-state index contributed by atoms with van der Waals surface area (Å²) in [5, 5.41) is 5.52. The Labute approximate surface area is 181 Å². The molecule has 2 aromatic carbocycles. The molecule has 0 aromatic heterocycles. The molecule has 2 aromatic rings. The van der Waals surface area contributed by atoms with Crippen LogP contribution in [0, 0.1) is 0 Å². The number of carbonyl (C=O) groups excluding carboxylic acids is 2. The van der Waals surface area contributed by atoms with Gasteiger partial charge in [-0.25, -0.2) is 13.2 Å². The van der Waals surface area contributed by atoms with Gasteiger partial charge in [0.05, 0.1) is 4.90 Å². The molecule has 0 bridgehead atoms. The molecule has 2 N–H and O–H groups in total. The molecule has 2 fully saturated rings. The summed E-state index contributed by atoms with van der Waals surface area (Å²) in [5.74, 6) is -0.401. The zero-order valence-corrected chi connectivity index (χ0v) is 18.1. The van der Waals surface area contributed by atoms with Crippen LogP contribution in [0.1, 0.15) is 10.4 Å². The van der Waals surface area contributed by atoms with Gasteiger partial charge in [-0.15, -0.1) is 0 Å². The lowest BCUT2D eigenvalue weighted by Crippen LogP contribution is -2.47. The smallest absolute Gasteiger partial charge is 0.321 e. The molecule has 10 heteroatoms. The molecular weight excluding hydrogens is 418 g/mol. The highest BCUT2D eigenvalue weighted by atomic mass is 32.2. The molecule has 0 radical (unpaired) electrons. The van der Waals surface area contributed by atoms with Crippen LogP contribution in [-0.4, -0.2) is 75.9 Å². The van der Waals surface area contributed by atoms with Gasteiger partial charge < -0.3 is 15.5 Å². The molecule has 164 valence electrons. The zero-order chi connectivity index (χ0) is 22.0. The first-order valence-electron chi connectivity index (χ1n) is 10.1. The van der Waals surface area contributed by atoms with Gasteiger partial charge in [0, 0.05) is 56.2 Å². The van der Waals surface area contributed by atoms with Gasteiger partial charge in [-0.05, 0) is 49.5 Å². The van der Waals surface area contributed by atoms with Crippen molar-refractivity contribution in [2.75, 3.05) is 56.5 Å². The Morgan fingerprint density at radius 3 is 2.35 bits per heavy atom. The lowest BCUT2D eigenvalue weighted by Gasteiger charge is -2.31. The summed E-state index contributed by atoms with van der Waals surface area (Å²) in [6.45, 7) is 3.40. The number of nitrogens with one attached hydrogen (secondary N) is 2. The number of amides is 3. The Morgan fingerprint density at radius 2 is 1.71 bits per heavy atom. The molecule has 9 nitrogen and oxygen atoms in total. The van der Waals surface area contributed by atoms with Crippen LogP contribution in [0.5, 0.6) is 0 Å². The lowest BCUT2D eigenvalue weighted by molar-refractivity contribution is 0.102. The van der Waals surface area contributed by atoms with Crippen molar-refractivity contribution in [1.29, 1.82) is 0 Å². The summed E-state index contributed by atoms with van der Waals surface area (Å²) < 4.78 is 27.4. The fourth-order valence-corrected chi connectivity index (χ4v) is 5.09. The Bertz CT molecular complexity index is 1080. The van der Waals surface area contributed by atoms with Crippen LogP contribution >= 0.6 is 0 Å². The molecule has 3 amide bonds. The highest BCUT2D eigenvalue weighted by Crippen LogP contribution is 2.22. The molecule has 0 saturated carbocycles. The van der Waals surface area contributed by atoms with E-state index in [1.54, 1.807) is 41.3 Å². The molecule has 0 atom stereocenters. The standard InChI is InChI=1S/C21H25N5O4S/c1-24-11-13-25(14-12-24)31(29,30)19-4-2-3-16(15-19)20(27)23-17-5-7-18(8-6-17)26-10-9-22-21(26)28/h2-8,15H,9-14H2,1H3,(H,22,28)(H,23,27). The first-order valence-corrected chi connectivity index (χ1v) is 11.5. The first-order chi connectivity index (χ1) is 14.8. The summed E-state index contributed by atoms with van der Waals surface area (Å²) in [4.78, 5) is 28.3. The maximum Gasteiger partial charge on any atom is 0.321 e. The van der Waals surface area contributed by atoms with E-state index in [2.05, 4.69) is 15.5 Å². The van der Waals surface area contributed by atoms with Crippen molar-refractivity contribution in [3.05, 3.63) is 54.1 Å². The maximum atomic E-state index is 13.0. The fraction of sp³-hybridized carbons (Fsp3) is 0.333. The number of anilines is 2. The van der Waals surface area contributed by atoms with E-state index in [0.717, 1.165) is 5.69 Å². The van der Waals surface area contributed by atoms with Gasteiger partial charge in [-0.3, -0.25) is 9.69 Å². The topological polar surface area (TPSA) is 102 Å². The Kier molecular flexibility index (Phi) is 5.94. The second kappa shape index (κ2) is 8.66. The normalized spacial score (nSPS) is 18.1. The van der Waals surface area contributed by atoms with Gasteiger partial charge in [-0.2, -0.15) is 4.31 Å². The molecule has 2 aliphatic heterocycles. The van der Waals surface area contributed by atoms with Crippen LogP contribution in [0.15, 0.2) is 53.4 Å². The predicted octanol–water partition coefficient (Wildman–Crippen LogP) is 1.40. The minimum absolute atomic E-state index is 0.111. The number of urea groups is 1. The van der Waals surface area contributed by atoms with Gasteiger partial charge in [-0.1, -0.05) is 6.07 Å². The summed E-state index contributed by atoms with van der Waals surface area (Å²) in [6, 6.07) is 12.9. The number of carbonyl (C=O) groups is 2. The number of hydrogen-bond donors (Lipinski definition) is 2. The van der Waals surface area contributed by atoms with Crippen LogP contribution in [0.25, 0.3) is 0 Å². The van der Waals surface area contributed by atoms with Crippen molar-refractivity contribution in [2.24, 2.45) is 0 Å². The van der Waals surface area contributed by atoms with E-state index >= 15 is 0 Å². The minimum atomic E-state index is -3.65. The third-order valence-electron chi connectivity index (χ3n) is 5.49. The maximum absolute atomic E-state index is 13.0. The summed E-state index contributed by atoms with van der Waals surface area (Å²) in [6.07, 6.45) is 0. The number of piperazine rings is 1. The molecule has 2 saturated heterocycles. The molecular formula is C21H25N5O4S. The number of hydrogen-bond acceptors (Lipinski definition) is 5. The predicted molar refractivity (Wildman–Crippen MR) is 118 cm³/mol. The van der Waals surface area contributed by atoms with Crippen molar-refractivity contribution in [3.8, 4) is 0 Å². The molecule has 2 heterocycles. The van der Waals surface area contributed by atoms with Gasteiger partial charge in [0.15, 0.2) is 0 Å². The first kappa shape index (κ1) is 21.3.